The van der Waals surface area contributed by atoms with E-state index in [2.05, 4.69) is 15.5 Å². The van der Waals surface area contributed by atoms with Crippen molar-refractivity contribution >= 4 is 29.8 Å². The lowest BCUT2D eigenvalue weighted by molar-refractivity contribution is 0.0356. The van der Waals surface area contributed by atoms with E-state index in [0.717, 1.165) is 11.1 Å². The third-order valence-electron chi connectivity index (χ3n) is 6.88. The van der Waals surface area contributed by atoms with Gasteiger partial charge in [-0.1, -0.05) is 54.6 Å². The van der Waals surface area contributed by atoms with Crippen molar-refractivity contribution in [2.75, 3.05) is 32.1 Å². The number of carbonyl (C=O) groups is 2. The van der Waals surface area contributed by atoms with Crippen molar-refractivity contribution < 1.29 is 24.0 Å². The highest BCUT2D eigenvalue weighted by Gasteiger charge is 2.34. The average molecular weight is 534 g/mol. The van der Waals surface area contributed by atoms with Gasteiger partial charge in [0.05, 0.1) is 19.2 Å². The number of nitrogens with zero attached hydrogens (tertiary/aromatic N) is 4. The number of urea groups is 1. The summed E-state index contributed by atoms with van der Waals surface area (Å²) in [6, 6.07) is 10.8. The standard InChI is InChI=1S/C29H35N5O5/c1-18-15-34(19(2)17-35)28(36)24-13-23(12-11-22-9-7-6-8-10-22)14-30-27(24)38-25(18)16-33(5)29(37)31-26-20(3)32-39-21(26)4/h6-14,18-19,25,35H,15-17H2,1-5H3,(H,31,37)/t18-,19+,25-/m0/s1. The third kappa shape index (κ3) is 6.46. The van der Waals surface area contributed by atoms with Crippen LogP contribution in [0.2, 0.25) is 0 Å². The SMILES string of the molecule is Cc1noc(C)c1NC(=O)N(C)C[C@@H]1Oc2ncc(C=Cc3ccccc3)cc2C(=O)N([C@H](C)CO)C[C@@H]1C. The Hall–Kier alpha value is -4.18. The molecule has 3 atom stereocenters. The van der Waals surface area contributed by atoms with Gasteiger partial charge >= 0.3 is 6.03 Å². The number of ether oxygens (including phenoxy) is 1. The smallest absolute Gasteiger partial charge is 0.321 e. The summed E-state index contributed by atoms with van der Waals surface area (Å²) in [5.41, 5.74) is 3.20. The number of hydrogen-bond donors (Lipinski definition) is 2. The van der Waals surface area contributed by atoms with Crippen molar-refractivity contribution in [3.8, 4) is 5.88 Å². The zero-order valence-corrected chi connectivity index (χ0v) is 22.9. The van der Waals surface area contributed by atoms with Crippen LogP contribution in [0.15, 0.2) is 47.1 Å². The topological polar surface area (TPSA) is 121 Å². The largest absolute Gasteiger partial charge is 0.472 e. The van der Waals surface area contributed by atoms with Crippen LogP contribution < -0.4 is 10.1 Å². The molecule has 0 spiro atoms. The van der Waals surface area contributed by atoms with Crippen LogP contribution in [-0.2, 0) is 0 Å². The van der Waals surface area contributed by atoms with E-state index in [1.807, 2.05) is 49.4 Å². The summed E-state index contributed by atoms with van der Waals surface area (Å²) in [7, 11) is 1.67. The molecule has 3 amide bonds. The molecule has 1 aliphatic rings. The Labute approximate surface area is 228 Å². The van der Waals surface area contributed by atoms with Gasteiger partial charge in [0.25, 0.3) is 5.91 Å². The Balaban J connectivity index is 1.60. The van der Waals surface area contributed by atoms with E-state index in [4.69, 9.17) is 9.26 Å². The van der Waals surface area contributed by atoms with Crippen LogP contribution >= 0.6 is 0 Å². The molecular formula is C29H35N5O5. The van der Waals surface area contributed by atoms with Crippen LogP contribution in [0.4, 0.5) is 10.5 Å². The summed E-state index contributed by atoms with van der Waals surface area (Å²) in [5.74, 6) is 0.295. The van der Waals surface area contributed by atoms with Gasteiger partial charge in [0, 0.05) is 25.7 Å². The van der Waals surface area contributed by atoms with Gasteiger partial charge in [0.1, 0.15) is 23.0 Å². The Morgan fingerprint density at radius 1 is 1.26 bits per heavy atom. The summed E-state index contributed by atoms with van der Waals surface area (Å²) in [6.07, 6.45) is 5.02. The number of carbonyl (C=O) groups excluding carboxylic acids is 2. The molecule has 1 aromatic carbocycles. The molecule has 1 aliphatic heterocycles. The predicted octanol–water partition coefficient (Wildman–Crippen LogP) is 4.24. The van der Waals surface area contributed by atoms with Crippen molar-refractivity contribution in [1.82, 2.24) is 19.9 Å². The Kier molecular flexibility index (Phi) is 8.65. The van der Waals surface area contributed by atoms with Gasteiger partial charge in [-0.2, -0.15) is 0 Å². The van der Waals surface area contributed by atoms with Crippen LogP contribution in [-0.4, -0.2) is 75.9 Å². The first-order valence-electron chi connectivity index (χ1n) is 12.9. The van der Waals surface area contributed by atoms with Crippen molar-refractivity contribution in [3.63, 3.8) is 0 Å². The number of anilines is 1. The van der Waals surface area contributed by atoms with Crippen molar-refractivity contribution in [2.45, 2.75) is 39.8 Å². The Morgan fingerprint density at radius 2 is 1.97 bits per heavy atom. The minimum absolute atomic E-state index is 0.162. The highest BCUT2D eigenvalue weighted by atomic mass is 16.5. The van der Waals surface area contributed by atoms with Crippen LogP contribution in [0.25, 0.3) is 12.2 Å². The fraction of sp³-hybridized carbons (Fsp3) is 0.379. The molecular weight excluding hydrogens is 498 g/mol. The number of aliphatic hydroxyl groups excluding tert-OH is 1. The number of nitrogens with one attached hydrogen (secondary N) is 1. The van der Waals surface area contributed by atoms with Crippen molar-refractivity contribution in [1.29, 1.82) is 0 Å². The summed E-state index contributed by atoms with van der Waals surface area (Å²) in [6.45, 7) is 7.65. The summed E-state index contributed by atoms with van der Waals surface area (Å²) in [4.78, 5) is 34.3. The highest BCUT2D eigenvalue weighted by Crippen LogP contribution is 2.28. The first kappa shape index (κ1) is 27.8. The van der Waals surface area contributed by atoms with E-state index in [-0.39, 0.29) is 36.9 Å². The van der Waals surface area contributed by atoms with E-state index >= 15 is 0 Å². The lowest BCUT2D eigenvalue weighted by Gasteiger charge is -2.37. The number of amides is 3. The maximum atomic E-state index is 13.6. The number of fused-ring (bicyclic) bond motifs is 1. The first-order valence-corrected chi connectivity index (χ1v) is 12.9. The van der Waals surface area contributed by atoms with E-state index in [1.54, 1.807) is 45.0 Å². The molecule has 39 heavy (non-hydrogen) atoms. The van der Waals surface area contributed by atoms with Gasteiger partial charge in [-0.05, 0) is 38.0 Å². The molecule has 0 bridgehead atoms. The molecule has 3 heterocycles. The molecule has 2 N–H and O–H groups in total. The quantitative estimate of drug-likeness (QED) is 0.466. The monoisotopic (exact) mass is 533 g/mol. The van der Waals surface area contributed by atoms with E-state index in [0.29, 0.717) is 29.2 Å². The van der Waals surface area contributed by atoms with Gasteiger partial charge in [-0.15, -0.1) is 0 Å². The molecule has 10 heteroatoms. The Bertz CT molecular complexity index is 1320. The van der Waals surface area contributed by atoms with Crippen molar-refractivity contribution in [3.05, 3.63) is 70.7 Å². The fourth-order valence-electron chi connectivity index (χ4n) is 4.40. The highest BCUT2D eigenvalue weighted by molar-refractivity contribution is 5.97. The molecule has 2 aromatic heterocycles. The number of likely N-dealkylation sites (N-methyl/N-ethyl adjacent to an activating group) is 1. The van der Waals surface area contributed by atoms with Crippen LogP contribution in [0.5, 0.6) is 5.88 Å². The van der Waals surface area contributed by atoms with Gasteiger partial charge in [-0.3, -0.25) is 4.79 Å². The number of rotatable bonds is 7. The molecule has 206 valence electrons. The molecule has 0 aliphatic carbocycles. The van der Waals surface area contributed by atoms with E-state index in [1.165, 1.54) is 4.90 Å². The lowest BCUT2D eigenvalue weighted by Crippen LogP contribution is -2.50. The van der Waals surface area contributed by atoms with E-state index < -0.39 is 12.1 Å². The second-order valence-corrected chi connectivity index (χ2v) is 10.00. The second-order valence-electron chi connectivity index (χ2n) is 10.00. The normalized spacial score (nSPS) is 18.2. The third-order valence-corrected chi connectivity index (χ3v) is 6.88. The summed E-state index contributed by atoms with van der Waals surface area (Å²) >= 11 is 0. The van der Waals surface area contributed by atoms with Gasteiger partial charge in [0.2, 0.25) is 5.88 Å². The average Bonchev–Trinajstić information content (AvgIpc) is 3.25. The van der Waals surface area contributed by atoms with Crippen molar-refractivity contribution in [2.24, 2.45) is 5.92 Å². The minimum atomic E-state index is -0.469. The maximum Gasteiger partial charge on any atom is 0.321 e. The molecule has 0 saturated heterocycles. The Morgan fingerprint density at radius 3 is 2.64 bits per heavy atom. The van der Waals surface area contributed by atoms with Crippen LogP contribution in [0.1, 0.15) is 46.8 Å². The number of aromatic nitrogens is 2. The number of hydrogen-bond acceptors (Lipinski definition) is 7. The zero-order valence-electron chi connectivity index (χ0n) is 22.9. The maximum absolute atomic E-state index is 13.6. The first-order chi connectivity index (χ1) is 18.7. The molecule has 4 rings (SSSR count). The van der Waals surface area contributed by atoms with Crippen LogP contribution in [0.3, 0.4) is 0 Å². The van der Waals surface area contributed by atoms with Gasteiger partial charge in [-0.25, -0.2) is 9.78 Å². The molecule has 0 unspecified atom stereocenters. The van der Waals surface area contributed by atoms with E-state index in [9.17, 15) is 14.7 Å². The zero-order chi connectivity index (χ0) is 28.1. The molecule has 3 aromatic rings. The molecule has 0 radical (unpaired) electrons. The molecule has 10 nitrogen and oxygen atoms in total. The lowest BCUT2D eigenvalue weighted by atomic mass is 10.00. The van der Waals surface area contributed by atoms with Crippen LogP contribution in [0, 0.1) is 19.8 Å². The number of aryl methyl sites for hydroxylation is 2. The minimum Gasteiger partial charge on any atom is -0.472 e. The number of aliphatic hydroxyl groups is 1. The van der Waals surface area contributed by atoms with Gasteiger partial charge < -0.3 is 29.5 Å². The number of pyridine rings is 1. The fourth-order valence-corrected chi connectivity index (χ4v) is 4.40. The summed E-state index contributed by atoms with van der Waals surface area (Å²) in [5, 5.41) is 16.6. The summed E-state index contributed by atoms with van der Waals surface area (Å²) < 4.78 is 11.4. The predicted molar refractivity (Wildman–Crippen MR) is 148 cm³/mol. The number of benzene rings is 1. The second kappa shape index (κ2) is 12.1. The molecule has 0 fully saturated rings. The van der Waals surface area contributed by atoms with Gasteiger partial charge in [0.15, 0.2) is 5.76 Å². The molecule has 0 saturated carbocycles.